The van der Waals surface area contributed by atoms with Gasteiger partial charge in [-0.3, -0.25) is 9.10 Å². The smallest absolute Gasteiger partial charge is 0.240 e. The lowest BCUT2D eigenvalue weighted by atomic mass is 10.1. The van der Waals surface area contributed by atoms with Gasteiger partial charge in [-0.05, 0) is 42.3 Å². The number of anilines is 1. The summed E-state index contributed by atoms with van der Waals surface area (Å²) in [6.07, 6.45) is 1.47. The SMILES string of the molecule is COc1ccc(CCNC(=O)CN(c2ccc(Cl)cc2F)S(C)(=O)=O)cc1. The van der Waals surface area contributed by atoms with Crippen molar-refractivity contribution in [1.29, 1.82) is 0 Å². The number of halogens is 2. The molecule has 0 radical (unpaired) electrons. The molecule has 6 nitrogen and oxygen atoms in total. The van der Waals surface area contributed by atoms with Gasteiger partial charge in [0.2, 0.25) is 15.9 Å². The number of hydrogen-bond donors (Lipinski definition) is 1. The fourth-order valence-electron chi connectivity index (χ4n) is 2.39. The fraction of sp³-hybridized carbons (Fsp3) is 0.278. The molecule has 9 heteroatoms. The highest BCUT2D eigenvalue weighted by atomic mass is 35.5. The molecule has 1 amide bonds. The first-order chi connectivity index (χ1) is 12.7. The van der Waals surface area contributed by atoms with Gasteiger partial charge in [0, 0.05) is 11.6 Å². The van der Waals surface area contributed by atoms with Crippen LogP contribution < -0.4 is 14.4 Å². The molecule has 146 valence electrons. The molecule has 0 fully saturated rings. The standard InChI is InChI=1S/C18H20ClFN2O4S/c1-26-15-6-3-13(4-7-15)9-10-21-18(23)12-22(27(2,24)25)17-8-5-14(19)11-16(17)20/h3-8,11H,9-10,12H2,1-2H3,(H,21,23). The molecular formula is C18H20ClFN2O4S. The third-order valence-electron chi connectivity index (χ3n) is 3.76. The lowest BCUT2D eigenvalue weighted by Gasteiger charge is -2.22. The number of rotatable bonds is 8. The van der Waals surface area contributed by atoms with Crippen LogP contribution >= 0.6 is 11.6 Å². The summed E-state index contributed by atoms with van der Waals surface area (Å²) in [6.45, 7) is -0.216. The van der Waals surface area contributed by atoms with E-state index in [2.05, 4.69) is 5.32 Å². The number of methoxy groups -OCH3 is 1. The van der Waals surface area contributed by atoms with Gasteiger partial charge in [-0.15, -0.1) is 0 Å². The third kappa shape index (κ3) is 6.11. The summed E-state index contributed by atoms with van der Waals surface area (Å²) in [5.74, 6) is -0.626. The van der Waals surface area contributed by atoms with Crippen molar-refractivity contribution in [2.45, 2.75) is 6.42 Å². The van der Waals surface area contributed by atoms with Gasteiger partial charge in [-0.25, -0.2) is 12.8 Å². The normalized spacial score (nSPS) is 11.1. The van der Waals surface area contributed by atoms with Crippen LogP contribution in [0.1, 0.15) is 5.56 Å². The number of hydrogen-bond acceptors (Lipinski definition) is 4. The van der Waals surface area contributed by atoms with Crippen LogP contribution in [0.2, 0.25) is 5.02 Å². The minimum absolute atomic E-state index is 0.133. The second kappa shape index (κ2) is 9.05. The van der Waals surface area contributed by atoms with Crippen molar-refractivity contribution in [3.05, 3.63) is 58.9 Å². The van der Waals surface area contributed by atoms with Crippen molar-refractivity contribution in [2.24, 2.45) is 0 Å². The van der Waals surface area contributed by atoms with E-state index in [0.717, 1.165) is 23.6 Å². The Bertz CT molecular complexity index is 904. The Labute approximate surface area is 162 Å². The molecule has 0 bridgehead atoms. The summed E-state index contributed by atoms with van der Waals surface area (Å²) in [5.41, 5.74) is 0.756. The molecule has 0 aliphatic carbocycles. The van der Waals surface area contributed by atoms with Crippen LogP contribution in [0.3, 0.4) is 0 Å². The third-order valence-corrected chi connectivity index (χ3v) is 5.12. The van der Waals surface area contributed by atoms with E-state index >= 15 is 0 Å². The second-order valence-corrected chi connectivity index (χ2v) is 8.16. The zero-order valence-corrected chi connectivity index (χ0v) is 16.5. The van der Waals surface area contributed by atoms with Crippen molar-refractivity contribution in [3.8, 4) is 5.75 Å². The minimum Gasteiger partial charge on any atom is -0.497 e. The van der Waals surface area contributed by atoms with Gasteiger partial charge in [0.1, 0.15) is 18.1 Å². The molecule has 0 spiro atoms. The Balaban J connectivity index is 1.99. The highest BCUT2D eigenvalue weighted by molar-refractivity contribution is 7.92. The van der Waals surface area contributed by atoms with Crippen LogP contribution in [0, 0.1) is 5.82 Å². The van der Waals surface area contributed by atoms with Crippen LogP contribution in [-0.2, 0) is 21.2 Å². The molecule has 2 rings (SSSR count). The molecular weight excluding hydrogens is 395 g/mol. The Hall–Kier alpha value is -2.32. The number of sulfonamides is 1. The Morgan fingerprint density at radius 1 is 1.22 bits per heavy atom. The lowest BCUT2D eigenvalue weighted by Crippen LogP contribution is -2.41. The molecule has 0 aromatic heterocycles. The predicted octanol–water partition coefficient (Wildman–Crippen LogP) is 2.61. The zero-order valence-electron chi connectivity index (χ0n) is 14.9. The van der Waals surface area contributed by atoms with Crippen molar-refractivity contribution in [1.82, 2.24) is 5.32 Å². The summed E-state index contributed by atoms with van der Waals surface area (Å²) in [5, 5.41) is 2.77. The molecule has 2 aromatic carbocycles. The minimum atomic E-state index is -3.86. The largest absolute Gasteiger partial charge is 0.497 e. The van der Waals surface area contributed by atoms with Gasteiger partial charge in [-0.2, -0.15) is 0 Å². The molecule has 0 aliphatic heterocycles. The number of ether oxygens (including phenoxy) is 1. The van der Waals surface area contributed by atoms with E-state index in [1.807, 2.05) is 24.3 Å². The molecule has 0 aliphatic rings. The van der Waals surface area contributed by atoms with E-state index < -0.39 is 28.3 Å². The van der Waals surface area contributed by atoms with Crippen molar-refractivity contribution < 1.29 is 22.3 Å². The fourth-order valence-corrected chi connectivity index (χ4v) is 3.41. The van der Waals surface area contributed by atoms with E-state index in [9.17, 15) is 17.6 Å². The van der Waals surface area contributed by atoms with Crippen LogP contribution in [0.4, 0.5) is 10.1 Å². The monoisotopic (exact) mass is 414 g/mol. The second-order valence-electron chi connectivity index (χ2n) is 5.81. The quantitative estimate of drug-likeness (QED) is 0.720. The maximum Gasteiger partial charge on any atom is 0.240 e. The van der Waals surface area contributed by atoms with Crippen LogP contribution in [0.15, 0.2) is 42.5 Å². The number of benzene rings is 2. The summed E-state index contributed by atoms with van der Waals surface area (Å²) in [7, 11) is -2.28. The number of carbonyl (C=O) groups excluding carboxylic acids is 1. The maximum absolute atomic E-state index is 14.1. The zero-order chi connectivity index (χ0) is 20.0. The van der Waals surface area contributed by atoms with E-state index in [4.69, 9.17) is 16.3 Å². The first-order valence-electron chi connectivity index (χ1n) is 8.03. The number of nitrogens with one attached hydrogen (secondary N) is 1. The molecule has 0 saturated carbocycles. The van der Waals surface area contributed by atoms with Crippen LogP contribution in [0.25, 0.3) is 0 Å². The van der Waals surface area contributed by atoms with Crippen molar-refractivity contribution >= 4 is 33.2 Å². The summed E-state index contributed by atoms with van der Waals surface area (Å²) in [4.78, 5) is 12.2. The molecule has 0 atom stereocenters. The van der Waals surface area contributed by atoms with Gasteiger partial charge in [0.05, 0.1) is 19.1 Å². The average molecular weight is 415 g/mol. The predicted molar refractivity (Wildman–Crippen MR) is 103 cm³/mol. The number of nitrogens with zero attached hydrogens (tertiary/aromatic N) is 1. The Kier molecular flexibility index (Phi) is 7.04. The number of amides is 1. The lowest BCUT2D eigenvalue weighted by molar-refractivity contribution is -0.119. The average Bonchev–Trinajstić information content (AvgIpc) is 2.60. The van der Waals surface area contributed by atoms with E-state index in [-0.39, 0.29) is 10.7 Å². The van der Waals surface area contributed by atoms with Crippen LogP contribution in [-0.4, -0.2) is 40.8 Å². The summed E-state index contributed by atoms with van der Waals surface area (Å²) >= 11 is 5.69. The summed E-state index contributed by atoms with van der Waals surface area (Å²) in [6, 6.07) is 10.9. The molecule has 0 saturated heterocycles. The van der Waals surface area contributed by atoms with Crippen molar-refractivity contribution in [2.75, 3.05) is 30.8 Å². The van der Waals surface area contributed by atoms with Gasteiger partial charge >= 0.3 is 0 Å². The van der Waals surface area contributed by atoms with Crippen molar-refractivity contribution in [3.63, 3.8) is 0 Å². The molecule has 0 unspecified atom stereocenters. The molecule has 27 heavy (non-hydrogen) atoms. The molecule has 2 aromatic rings. The topological polar surface area (TPSA) is 75.7 Å². The first-order valence-corrected chi connectivity index (χ1v) is 10.3. The Morgan fingerprint density at radius 2 is 1.89 bits per heavy atom. The van der Waals surface area contributed by atoms with E-state index in [0.29, 0.717) is 17.3 Å². The first kappa shape index (κ1) is 21.0. The van der Waals surface area contributed by atoms with E-state index in [1.54, 1.807) is 7.11 Å². The van der Waals surface area contributed by atoms with Crippen LogP contribution in [0.5, 0.6) is 5.75 Å². The highest BCUT2D eigenvalue weighted by Crippen LogP contribution is 2.24. The molecule has 0 heterocycles. The van der Waals surface area contributed by atoms with Gasteiger partial charge in [0.25, 0.3) is 0 Å². The maximum atomic E-state index is 14.1. The van der Waals surface area contributed by atoms with E-state index in [1.165, 1.54) is 12.1 Å². The molecule has 1 N–H and O–H groups in total. The highest BCUT2D eigenvalue weighted by Gasteiger charge is 2.23. The Morgan fingerprint density at radius 3 is 2.44 bits per heavy atom. The number of carbonyl (C=O) groups is 1. The summed E-state index contributed by atoms with van der Waals surface area (Å²) < 4.78 is 43.9. The van der Waals surface area contributed by atoms with Gasteiger partial charge in [0.15, 0.2) is 0 Å². The van der Waals surface area contributed by atoms with Gasteiger partial charge in [-0.1, -0.05) is 23.7 Å². The van der Waals surface area contributed by atoms with Gasteiger partial charge < -0.3 is 10.1 Å².